The highest BCUT2D eigenvalue weighted by Gasteiger charge is 2.39. The lowest BCUT2D eigenvalue weighted by molar-refractivity contribution is -0.380. The highest BCUT2D eigenvalue weighted by atomic mass is 19.4. The monoisotopic (exact) mass is 426 g/mol. The molecule has 29 heavy (non-hydrogen) atoms. The van der Waals surface area contributed by atoms with Crippen LogP contribution in [0, 0.1) is 5.92 Å². The van der Waals surface area contributed by atoms with Crippen molar-refractivity contribution in [1.82, 2.24) is 0 Å². The maximum absolute atomic E-state index is 12.1. The third-order valence-corrected chi connectivity index (χ3v) is 5.77. The van der Waals surface area contributed by atoms with Gasteiger partial charge in [-0.1, -0.05) is 84.0 Å². The molecule has 6 heteroatoms. The van der Waals surface area contributed by atoms with Gasteiger partial charge in [0.05, 0.1) is 0 Å². The highest BCUT2D eigenvalue weighted by molar-refractivity contribution is 4.72. The van der Waals surface area contributed by atoms with Crippen LogP contribution in [0.15, 0.2) is 0 Å². The molecule has 176 valence electrons. The summed E-state index contributed by atoms with van der Waals surface area (Å²) in [6.07, 6.45) is 10.8. The molecule has 0 saturated heterocycles. The summed E-state index contributed by atoms with van der Waals surface area (Å²) in [4.78, 5) is 0. The van der Waals surface area contributed by atoms with Gasteiger partial charge in [-0.2, -0.15) is 13.2 Å². The van der Waals surface area contributed by atoms with Crippen LogP contribution in [0.4, 0.5) is 13.2 Å². The summed E-state index contributed by atoms with van der Waals surface area (Å²) in [5.74, 6) is -0.804. The maximum atomic E-state index is 12.1. The number of unbranched alkanes of at least 4 members (excludes halogenated alkanes) is 11. The van der Waals surface area contributed by atoms with Crippen LogP contribution in [0.3, 0.4) is 0 Å². The standard InChI is InChI=1S/C23H45F3O3/c1-5-6-7-8-12-15-18-21(23(27-2,28-3)29-4)19-16-13-10-9-11-14-17-20-22(24,25)26/h21H,5-20H2,1-4H3. The second kappa shape index (κ2) is 17.4. The molecule has 0 aromatic carbocycles. The summed E-state index contributed by atoms with van der Waals surface area (Å²) in [6, 6.07) is 0. The Hall–Kier alpha value is -0.330. The molecule has 0 bridgehead atoms. The van der Waals surface area contributed by atoms with Gasteiger partial charge >= 0.3 is 6.18 Å². The number of rotatable bonds is 20. The van der Waals surface area contributed by atoms with Crippen LogP contribution < -0.4 is 0 Å². The summed E-state index contributed by atoms with van der Waals surface area (Å²) >= 11 is 0. The van der Waals surface area contributed by atoms with Crippen LogP contribution in [-0.4, -0.2) is 33.5 Å². The molecular weight excluding hydrogens is 381 g/mol. The van der Waals surface area contributed by atoms with Crippen molar-refractivity contribution in [1.29, 1.82) is 0 Å². The van der Waals surface area contributed by atoms with Gasteiger partial charge in [-0.15, -0.1) is 0 Å². The average molecular weight is 427 g/mol. The zero-order chi connectivity index (χ0) is 22.0. The van der Waals surface area contributed by atoms with E-state index < -0.39 is 18.6 Å². The minimum Gasteiger partial charge on any atom is -0.331 e. The molecule has 0 fully saturated rings. The molecule has 0 aromatic heterocycles. The summed E-state index contributed by atoms with van der Waals surface area (Å²) < 4.78 is 53.2. The number of hydrogen-bond acceptors (Lipinski definition) is 3. The van der Waals surface area contributed by atoms with Gasteiger partial charge in [-0.05, 0) is 19.3 Å². The number of ether oxygens (including phenoxy) is 3. The van der Waals surface area contributed by atoms with Crippen molar-refractivity contribution in [2.24, 2.45) is 5.92 Å². The lowest BCUT2D eigenvalue weighted by Crippen LogP contribution is -2.44. The third-order valence-electron chi connectivity index (χ3n) is 5.77. The molecule has 0 amide bonds. The molecular formula is C23H45F3O3. The number of hydrogen-bond donors (Lipinski definition) is 0. The number of alkyl halides is 3. The predicted molar refractivity (Wildman–Crippen MR) is 113 cm³/mol. The van der Waals surface area contributed by atoms with E-state index in [0.717, 1.165) is 51.4 Å². The van der Waals surface area contributed by atoms with Crippen LogP contribution >= 0.6 is 0 Å². The van der Waals surface area contributed by atoms with Crippen molar-refractivity contribution in [3.8, 4) is 0 Å². The van der Waals surface area contributed by atoms with E-state index in [1.807, 2.05) is 0 Å². The Kier molecular flexibility index (Phi) is 17.2. The predicted octanol–water partition coefficient (Wildman–Crippen LogP) is 8.02. The Morgan fingerprint density at radius 3 is 1.34 bits per heavy atom. The Morgan fingerprint density at radius 1 is 0.586 bits per heavy atom. The number of methoxy groups -OCH3 is 3. The second-order valence-electron chi connectivity index (χ2n) is 8.10. The SMILES string of the molecule is CCCCCCCCC(CCCCCCCCCC(F)(F)F)C(OC)(OC)OC. The molecule has 0 spiro atoms. The van der Waals surface area contributed by atoms with Gasteiger partial charge in [0.15, 0.2) is 0 Å². The van der Waals surface area contributed by atoms with Gasteiger partial charge in [0.2, 0.25) is 0 Å². The molecule has 0 heterocycles. The lowest BCUT2D eigenvalue weighted by Gasteiger charge is -2.36. The molecule has 0 aliphatic heterocycles. The van der Waals surface area contributed by atoms with Gasteiger partial charge in [0.25, 0.3) is 5.97 Å². The molecule has 1 unspecified atom stereocenters. The van der Waals surface area contributed by atoms with Crippen LogP contribution in [-0.2, 0) is 14.2 Å². The lowest BCUT2D eigenvalue weighted by atomic mass is 9.91. The van der Waals surface area contributed by atoms with E-state index in [9.17, 15) is 13.2 Å². The van der Waals surface area contributed by atoms with E-state index in [-0.39, 0.29) is 12.3 Å². The van der Waals surface area contributed by atoms with Crippen LogP contribution in [0.5, 0.6) is 0 Å². The average Bonchev–Trinajstić information content (AvgIpc) is 2.69. The fourth-order valence-corrected chi connectivity index (χ4v) is 4.02. The van der Waals surface area contributed by atoms with Crippen molar-refractivity contribution >= 4 is 0 Å². The van der Waals surface area contributed by atoms with E-state index in [2.05, 4.69) is 6.92 Å². The first-order valence-electron chi connectivity index (χ1n) is 11.6. The first-order valence-corrected chi connectivity index (χ1v) is 11.6. The van der Waals surface area contributed by atoms with Gasteiger partial charge in [0, 0.05) is 33.7 Å². The van der Waals surface area contributed by atoms with Gasteiger partial charge in [-0.3, -0.25) is 0 Å². The van der Waals surface area contributed by atoms with Crippen LogP contribution in [0.1, 0.15) is 110 Å². The first kappa shape index (κ1) is 28.7. The summed E-state index contributed by atoms with van der Waals surface area (Å²) in [7, 11) is 4.88. The highest BCUT2D eigenvalue weighted by Crippen LogP contribution is 2.33. The fraction of sp³-hybridized carbons (Fsp3) is 1.00. The minimum atomic E-state index is -4.01. The molecule has 3 nitrogen and oxygen atoms in total. The Morgan fingerprint density at radius 2 is 0.966 bits per heavy atom. The first-order chi connectivity index (χ1) is 13.8. The zero-order valence-corrected chi connectivity index (χ0v) is 19.2. The van der Waals surface area contributed by atoms with E-state index in [0.29, 0.717) is 6.42 Å². The molecule has 0 rings (SSSR count). The molecule has 0 saturated carbocycles. The summed E-state index contributed by atoms with van der Waals surface area (Å²) in [6.45, 7) is 2.22. The quantitative estimate of drug-likeness (QED) is 0.146. The molecule has 1 atom stereocenters. The van der Waals surface area contributed by atoms with Crippen LogP contribution in [0.2, 0.25) is 0 Å². The van der Waals surface area contributed by atoms with Gasteiger partial charge < -0.3 is 14.2 Å². The van der Waals surface area contributed by atoms with Crippen molar-refractivity contribution in [3.05, 3.63) is 0 Å². The molecule has 0 aliphatic carbocycles. The van der Waals surface area contributed by atoms with Crippen molar-refractivity contribution < 1.29 is 27.4 Å². The second-order valence-corrected chi connectivity index (χ2v) is 8.10. The zero-order valence-electron chi connectivity index (χ0n) is 19.2. The fourth-order valence-electron chi connectivity index (χ4n) is 4.02. The van der Waals surface area contributed by atoms with Gasteiger partial charge in [-0.25, -0.2) is 0 Å². The van der Waals surface area contributed by atoms with Crippen molar-refractivity contribution in [3.63, 3.8) is 0 Å². The van der Waals surface area contributed by atoms with Crippen LogP contribution in [0.25, 0.3) is 0 Å². The normalized spacial score (nSPS) is 13.8. The maximum Gasteiger partial charge on any atom is 0.389 e. The molecule has 0 N–H and O–H groups in total. The van der Waals surface area contributed by atoms with Gasteiger partial charge in [0.1, 0.15) is 0 Å². The van der Waals surface area contributed by atoms with E-state index in [1.54, 1.807) is 21.3 Å². The summed E-state index contributed by atoms with van der Waals surface area (Å²) in [5, 5.41) is 0. The van der Waals surface area contributed by atoms with Crippen molar-refractivity contribution in [2.75, 3.05) is 21.3 Å². The molecule has 0 radical (unpaired) electrons. The molecule has 0 aromatic rings. The van der Waals surface area contributed by atoms with E-state index >= 15 is 0 Å². The smallest absolute Gasteiger partial charge is 0.331 e. The number of halogens is 3. The van der Waals surface area contributed by atoms with E-state index in [1.165, 1.54) is 32.1 Å². The summed E-state index contributed by atoms with van der Waals surface area (Å²) in [5.41, 5.74) is 0. The van der Waals surface area contributed by atoms with Crippen molar-refractivity contribution in [2.45, 2.75) is 122 Å². The topological polar surface area (TPSA) is 27.7 Å². The third kappa shape index (κ3) is 14.3. The Bertz CT molecular complexity index is 350. The molecule has 0 aliphatic rings. The minimum absolute atomic E-state index is 0.181. The Labute approximate surface area is 177 Å². The largest absolute Gasteiger partial charge is 0.389 e. The Balaban J connectivity index is 4.14. The van der Waals surface area contributed by atoms with E-state index in [4.69, 9.17) is 14.2 Å².